The van der Waals surface area contributed by atoms with Crippen molar-refractivity contribution in [1.82, 2.24) is 14.5 Å². The molecule has 0 radical (unpaired) electrons. The number of fused-ring (bicyclic) bond motifs is 1. The number of rotatable bonds is 5. The lowest BCUT2D eigenvalue weighted by molar-refractivity contribution is -0.136. The van der Waals surface area contributed by atoms with Crippen LogP contribution in [0.4, 0.5) is 0 Å². The Morgan fingerprint density at radius 2 is 1.93 bits per heavy atom. The van der Waals surface area contributed by atoms with Crippen LogP contribution in [0.25, 0.3) is 0 Å². The molecule has 1 amide bonds. The Morgan fingerprint density at radius 1 is 1.14 bits per heavy atom. The summed E-state index contributed by atoms with van der Waals surface area (Å²) in [7, 11) is 2.00. The fourth-order valence-corrected chi connectivity index (χ4v) is 4.84. The van der Waals surface area contributed by atoms with Crippen LogP contribution >= 0.6 is 0 Å². The van der Waals surface area contributed by atoms with Crippen LogP contribution in [-0.4, -0.2) is 20.4 Å². The number of amides is 1. The standard InChI is InChI=1S/C25H27N3O/c1-27-15-14-26-24(27)17-28(23-13-7-11-18-10-5-6-12-20(18)23)25(29)22-16-21(22)19-8-3-2-4-9-19/h2-6,8-10,12,14-15,21-23H,7,11,13,16-17H2,1H3/t21-,22-,23+/m0/s1. The van der Waals surface area contributed by atoms with E-state index >= 15 is 0 Å². The van der Waals surface area contributed by atoms with Gasteiger partial charge in [-0.1, -0.05) is 54.6 Å². The van der Waals surface area contributed by atoms with Crippen molar-refractivity contribution >= 4 is 5.91 Å². The van der Waals surface area contributed by atoms with Crippen LogP contribution in [0.1, 0.15) is 53.7 Å². The molecule has 2 aliphatic rings. The molecule has 4 nitrogen and oxygen atoms in total. The summed E-state index contributed by atoms with van der Waals surface area (Å²) in [5, 5.41) is 0. The number of carbonyl (C=O) groups excluding carboxylic acids is 1. The van der Waals surface area contributed by atoms with Crippen molar-refractivity contribution in [3.8, 4) is 0 Å². The Balaban J connectivity index is 1.45. The highest BCUT2D eigenvalue weighted by atomic mass is 16.2. The maximum atomic E-state index is 13.7. The minimum Gasteiger partial charge on any atom is -0.337 e. The number of nitrogens with zero attached hydrogens (tertiary/aromatic N) is 3. The van der Waals surface area contributed by atoms with E-state index in [4.69, 9.17) is 0 Å². The molecule has 3 aromatic rings. The van der Waals surface area contributed by atoms with E-state index in [0.717, 1.165) is 31.5 Å². The molecule has 3 atom stereocenters. The van der Waals surface area contributed by atoms with Crippen molar-refractivity contribution in [2.45, 2.75) is 44.2 Å². The fourth-order valence-electron chi connectivity index (χ4n) is 4.84. The molecule has 1 heterocycles. The average Bonchev–Trinajstić information content (AvgIpc) is 3.47. The van der Waals surface area contributed by atoms with Gasteiger partial charge in [-0.2, -0.15) is 0 Å². The van der Waals surface area contributed by atoms with Crippen LogP contribution < -0.4 is 0 Å². The Morgan fingerprint density at radius 3 is 2.72 bits per heavy atom. The van der Waals surface area contributed by atoms with Crippen LogP contribution in [-0.2, 0) is 24.8 Å². The van der Waals surface area contributed by atoms with E-state index in [9.17, 15) is 4.79 Å². The van der Waals surface area contributed by atoms with Crippen LogP contribution in [0.5, 0.6) is 0 Å². The molecule has 1 aromatic heterocycles. The van der Waals surface area contributed by atoms with Crippen LogP contribution in [0, 0.1) is 5.92 Å². The molecule has 1 fully saturated rings. The van der Waals surface area contributed by atoms with Crippen molar-refractivity contribution in [3.05, 3.63) is 89.5 Å². The number of carbonyl (C=O) groups is 1. The number of aromatic nitrogens is 2. The second-order valence-electron chi connectivity index (χ2n) is 8.39. The number of aryl methyl sites for hydroxylation is 2. The van der Waals surface area contributed by atoms with E-state index in [0.29, 0.717) is 12.5 Å². The Hall–Kier alpha value is -2.88. The van der Waals surface area contributed by atoms with Crippen LogP contribution in [0.3, 0.4) is 0 Å². The van der Waals surface area contributed by atoms with E-state index < -0.39 is 0 Å². The van der Waals surface area contributed by atoms with E-state index in [2.05, 4.69) is 58.4 Å². The maximum absolute atomic E-state index is 13.7. The molecule has 5 rings (SSSR count). The van der Waals surface area contributed by atoms with Crippen molar-refractivity contribution in [2.24, 2.45) is 13.0 Å². The predicted octanol–water partition coefficient (Wildman–Crippen LogP) is 4.63. The minimum atomic E-state index is 0.0896. The highest BCUT2D eigenvalue weighted by molar-refractivity contribution is 5.83. The number of hydrogen-bond acceptors (Lipinski definition) is 2. The first kappa shape index (κ1) is 18.2. The summed E-state index contributed by atoms with van der Waals surface area (Å²) in [6.45, 7) is 0.569. The highest BCUT2D eigenvalue weighted by Gasteiger charge is 2.47. The minimum absolute atomic E-state index is 0.0896. The van der Waals surface area contributed by atoms with Gasteiger partial charge in [0.2, 0.25) is 5.91 Å². The van der Waals surface area contributed by atoms with Gasteiger partial charge < -0.3 is 9.47 Å². The normalized spacial score (nSPS) is 22.7. The molecule has 4 heteroatoms. The molecule has 148 valence electrons. The molecule has 0 saturated heterocycles. The average molecular weight is 386 g/mol. The van der Waals surface area contributed by atoms with Crippen molar-refractivity contribution < 1.29 is 4.79 Å². The lowest BCUT2D eigenvalue weighted by Gasteiger charge is -2.36. The SMILES string of the molecule is Cn1ccnc1CN(C(=O)[C@H]1C[C@H]1c1ccccc1)[C@@H]1CCCc2ccccc21. The molecule has 0 spiro atoms. The predicted molar refractivity (Wildman–Crippen MR) is 113 cm³/mol. The van der Waals surface area contributed by atoms with Gasteiger partial charge in [-0.05, 0) is 48.3 Å². The van der Waals surface area contributed by atoms with Gasteiger partial charge in [0.25, 0.3) is 0 Å². The third-order valence-electron chi connectivity index (χ3n) is 6.57. The monoisotopic (exact) mass is 385 g/mol. The summed E-state index contributed by atoms with van der Waals surface area (Å²) in [4.78, 5) is 20.4. The molecule has 0 unspecified atom stereocenters. The summed E-state index contributed by atoms with van der Waals surface area (Å²) in [5.41, 5.74) is 3.99. The van der Waals surface area contributed by atoms with Gasteiger partial charge in [-0.3, -0.25) is 4.79 Å². The summed E-state index contributed by atoms with van der Waals surface area (Å²) in [5.74, 6) is 1.67. The topological polar surface area (TPSA) is 38.1 Å². The van der Waals surface area contributed by atoms with E-state index in [1.54, 1.807) is 0 Å². The second kappa shape index (κ2) is 7.51. The third kappa shape index (κ3) is 3.48. The lowest BCUT2D eigenvalue weighted by Crippen LogP contribution is -2.38. The largest absolute Gasteiger partial charge is 0.337 e. The summed E-state index contributed by atoms with van der Waals surface area (Å²) in [6.07, 6.45) is 7.98. The van der Waals surface area contributed by atoms with Crippen molar-refractivity contribution in [1.29, 1.82) is 0 Å². The molecule has 2 aliphatic carbocycles. The smallest absolute Gasteiger partial charge is 0.227 e. The number of benzene rings is 2. The molecule has 2 aromatic carbocycles. The maximum Gasteiger partial charge on any atom is 0.227 e. The summed E-state index contributed by atoms with van der Waals surface area (Å²) >= 11 is 0. The summed E-state index contributed by atoms with van der Waals surface area (Å²) in [6, 6.07) is 19.2. The first-order valence-corrected chi connectivity index (χ1v) is 10.6. The molecular weight excluding hydrogens is 358 g/mol. The zero-order valence-corrected chi connectivity index (χ0v) is 16.9. The summed E-state index contributed by atoms with van der Waals surface area (Å²) < 4.78 is 2.02. The van der Waals surface area contributed by atoms with Gasteiger partial charge in [0, 0.05) is 25.4 Å². The van der Waals surface area contributed by atoms with Gasteiger partial charge in [0.15, 0.2) is 0 Å². The fraction of sp³-hybridized carbons (Fsp3) is 0.360. The highest BCUT2D eigenvalue weighted by Crippen LogP contribution is 2.50. The Labute approximate surface area is 172 Å². The van der Waals surface area contributed by atoms with E-state index in [1.807, 2.05) is 30.1 Å². The Bertz CT molecular complexity index is 1010. The first-order chi connectivity index (χ1) is 14.2. The third-order valence-corrected chi connectivity index (χ3v) is 6.57. The van der Waals surface area contributed by atoms with E-state index in [1.165, 1.54) is 16.7 Å². The lowest BCUT2D eigenvalue weighted by atomic mass is 9.86. The molecule has 29 heavy (non-hydrogen) atoms. The quantitative estimate of drug-likeness (QED) is 0.642. The molecular formula is C25H27N3O. The van der Waals surface area contributed by atoms with Gasteiger partial charge >= 0.3 is 0 Å². The molecule has 1 saturated carbocycles. The van der Waals surface area contributed by atoms with Crippen LogP contribution in [0.15, 0.2) is 67.0 Å². The number of hydrogen-bond donors (Lipinski definition) is 0. The number of imidazole rings is 1. The van der Waals surface area contributed by atoms with E-state index in [-0.39, 0.29) is 17.9 Å². The molecule has 0 bridgehead atoms. The Kier molecular flexibility index (Phi) is 4.70. The van der Waals surface area contributed by atoms with Crippen LogP contribution in [0.2, 0.25) is 0 Å². The first-order valence-electron chi connectivity index (χ1n) is 10.6. The van der Waals surface area contributed by atoms with Gasteiger partial charge in [-0.15, -0.1) is 0 Å². The van der Waals surface area contributed by atoms with Crippen molar-refractivity contribution in [2.75, 3.05) is 0 Å². The van der Waals surface area contributed by atoms with Gasteiger partial charge in [-0.25, -0.2) is 4.98 Å². The van der Waals surface area contributed by atoms with Gasteiger partial charge in [0.1, 0.15) is 5.82 Å². The zero-order valence-electron chi connectivity index (χ0n) is 16.9. The van der Waals surface area contributed by atoms with Gasteiger partial charge in [0.05, 0.1) is 12.6 Å². The zero-order chi connectivity index (χ0) is 19.8. The molecule has 0 N–H and O–H groups in total. The second-order valence-corrected chi connectivity index (χ2v) is 8.39. The molecule has 0 aliphatic heterocycles. The van der Waals surface area contributed by atoms with Crippen molar-refractivity contribution in [3.63, 3.8) is 0 Å².